The molecule has 13 heavy (non-hydrogen) atoms. The molecule has 1 heterocycles. The third-order valence-electron chi connectivity index (χ3n) is 1.44. The standard InChI is InChI=1S/C8H8ClIN2O/c1-12(2)8(13)6-3-5(10)4-11-7(6)9/h3-4H,1-2H3. The van der Waals surface area contributed by atoms with Gasteiger partial charge in [-0.05, 0) is 28.7 Å². The Morgan fingerprint density at radius 2 is 2.23 bits per heavy atom. The van der Waals surface area contributed by atoms with Gasteiger partial charge < -0.3 is 4.90 Å². The summed E-state index contributed by atoms with van der Waals surface area (Å²) in [6, 6.07) is 1.72. The Balaban J connectivity index is 3.13. The quantitative estimate of drug-likeness (QED) is 0.587. The van der Waals surface area contributed by atoms with Crippen LogP contribution in [0.3, 0.4) is 0 Å². The van der Waals surface area contributed by atoms with E-state index >= 15 is 0 Å². The first-order valence-corrected chi connectivity index (χ1v) is 5.00. The smallest absolute Gasteiger partial charge is 0.256 e. The molecule has 1 rings (SSSR count). The van der Waals surface area contributed by atoms with Gasteiger partial charge in [0.1, 0.15) is 5.15 Å². The first kappa shape index (κ1) is 10.7. The van der Waals surface area contributed by atoms with Crippen molar-refractivity contribution in [3.8, 4) is 0 Å². The Hall–Kier alpha value is -0.360. The van der Waals surface area contributed by atoms with Gasteiger partial charge in [-0.2, -0.15) is 0 Å². The van der Waals surface area contributed by atoms with Crippen LogP contribution in [0.25, 0.3) is 0 Å². The molecule has 0 aliphatic rings. The van der Waals surface area contributed by atoms with E-state index in [2.05, 4.69) is 27.6 Å². The van der Waals surface area contributed by atoms with Crippen molar-refractivity contribution in [1.82, 2.24) is 9.88 Å². The van der Waals surface area contributed by atoms with Crippen LogP contribution in [0.5, 0.6) is 0 Å². The molecule has 0 N–H and O–H groups in total. The van der Waals surface area contributed by atoms with Gasteiger partial charge in [-0.3, -0.25) is 4.79 Å². The van der Waals surface area contributed by atoms with Gasteiger partial charge in [0, 0.05) is 23.9 Å². The maximum Gasteiger partial charge on any atom is 0.256 e. The van der Waals surface area contributed by atoms with Crippen LogP contribution in [0.1, 0.15) is 10.4 Å². The molecule has 1 amide bonds. The van der Waals surface area contributed by atoms with Crippen LogP contribution in [0.4, 0.5) is 0 Å². The highest BCUT2D eigenvalue weighted by Gasteiger charge is 2.13. The topological polar surface area (TPSA) is 33.2 Å². The summed E-state index contributed by atoms with van der Waals surface area (Å²) in [7, 11) is 3.36. The number of hydrogen-bond donors (Lipinski definition) is 0. The Labute approximate surface area is 95.2 Å². The SMILES string of the molecule is CN(C)C(=O)c1cc(I)cnc1Cl. The van der Waals surface area contributed by atoms with Crippen LogP contribution in [0.15, 0.2) is 12.3 Å². The molecule has 0 aliphatic heterocycles. The number of hydrogen-bond acceptors (Lipinski definition) is 2. The van der Waals surface area contributed by atoms with Gasteiger partial charge in [-0.1, -0.05) is 11.6 Å². The third-order valence-corrected chi connectivity index (χ3v) is 2.33. The van der Waals surface area contributed by atoms with E-state index in [1.165, 1.54) is 4.90 Å². The van der Waals surface area contributed by atoms with Crippen LogP contribution in [-0.2, 0) is 0 Å². The fourth-order valence-electron chi connectivity index (χ4n) is 0.813. The maximum absolute atomic E-state index is 11.5. The molecule has 0 atom stereocenters. The van der Waals surface area contributed by atoms with Crippen molar-refractivity contribution in [2.75, 3.05) is 14.1 Å². The Kier molecular flexibility index (Phi) is 3.49. The summed E-state index contributed by atoms with van der Waals surface area (Å²) in [5, 5.41) is 0.249. The van der Waals surface area contributed by atoms with E-state index in [1.807, 2.05) is 0 Å². The summed E-state index contributed by atoms with van der Waals surface area (Å²) in [6.07, 6.45) is 1.62. The molecule has 5 heteroatoms. The summed E-state index contributed by atoms with van der Waals surface area (Å²) in [4.78, 5) is 16.9. The molecule has 1 aromatic heterocycles. The number of halogens is 2. The lowest BCUT2D eigenvalue weighted by atomic mass is 10.2. The number of aromatic nitrogens is 1. The van der Waals surface area contributed by atoms with Crippen molar-refractivity contribution in [3.05, 3.63) is 26.5 Å². The molecule has 0 unspecified atom stereocenters. The van der Waals surface area contributed by atoms with Crippen molar-refractivity contribution >= 4 is 40.1 Å². The Morgan fingerprint density at radius 1 is 1.62 bits per heavy atom. The molecular formula is C8H8ClIN2O. The number of carbonyl (C=O) groups excluding carboxylic acids is 1. The number of nitrogens with zero attached hydrogens (tertiary/aromatic N) is 2. The summed E-state index contributed by atoms with van der Waals surface area (Å²) >= 11 is 7.86. The highest BCUT2D eigenvalue weighted by atomic mass is 127. The normalized spacial score (nSPS) is 9.85. The predicted molar refractivity (Wildman–Crippen MR) is 60.0 cm³/mol. The van der Waals surface area contributed by atoms with E-state index in [-0.39, 0.29) is 11.1 Å². The molecule has 0 fully saturated rings. The highest BCUT2D eigenvalue weighted by Crippen LogP contribution is 2.16. The first-order chi connectivity index (χ1) is 6.02. The van der Waals surface area contributed by atoms with Crippen LogP contribution >= 0.6 is 34.2 Å². The van der Waals surface area contributed by atoms with Gasteiger partial charge in [0.2, 0.25) is 0 Å². The lowest BCUT2D eigenvalue weighted by Gasteiger charge is -2.10. The zero-order chi connectivity index (χ0) is 10.0. The minimum atomic E-state index is -0.129. The van der Waals surface area contributed by atoms with Gasteiger partial charge >= 0.3 is 0 Å². The third kappa shape index (κ3) is 2.54. The fourth-order valence-corrected chi connectivity index (χ4v) is 1.45. The second-order valence-corrected chi connectivity index (χ2v) is 4.30. The number of pyridine rings is 1. The zero-order valence-corrected chi connectivity index (χ0v) is 10.1. The van der Waals surface area contributed by atoms with E-state index in [0.29, 0.717) is 5.56 Å². The van der Waals surface area contributed by atoms with Crippen LogP contribution in [-0.4, -0.2) is 29.9 Å². The highest BCUT2D eigenvalue weighted by molar-refractivity contribution is 14.1. The molecule has 0 bridgehead atoms. The number of rotatable bonds is 1. The minimum absolute atomic E-state index is 0.129. The zero-order valence-electron chi connectivity index (χ0n) is 7.21. The second kappa shape index (κ2) is 4.23. The summed E-state index contributed by atoms with van der Waals surface area (Å²) in [5.74, 6) is -0.129. The van der Waals surface area contributed by atoms with Gasteiger partial charge in [-0.15, -0.1) is 0 Å². The van der Waals surface area contributed by atoms with E-state index in [4.69, 9.17) is 11.6 Å². The lowest BCUT2D eigenvalue weighted by Crippen LogP contribution is -2.22. The summed E-state index contributed by atoms with van der Waals surface area (Å²) in [5.41, 5.74) is 0.443. The number of amides is 1. The van der Waals surface area contributed by atoms with E-state index in [1.54, 1.807) is 26.4 Å². The van der Waals surface area contributed by atoms with Crippen molar-refractivity contribution in [2.24, 2.45) is 0 Å². The molecule has 0 aromatic carbocycles. The van der Waals surface area contributed by atoms with Gasteiger partial charge in [0.05, 0.1) is 5.56 Å². The number of carbonyl (C=O) groups is 1. The van der Waals surface area contributed by atoms with E-state index in [9.17, 15) is 4.79 Å². The fraction of sp³-hybridized carbons (Fsp3) is 0.250. The van der Waals surface area contributed by atoms with Crippen LogP contribution in [0, 0.1) is 3.57 Å². The Bertz CT molecular complexity index is 341. The monoisotopic (exact) mass is 310 g/mol. The molecule has 1 aromatic rings. The molecule has 0 saturated heterocycles. The van der Waals surface area contributed by atoms with Crippen molar-refractivity contribution in [2.45, 2.75) is 0 Å². The molecule has 70 valence electrons. The van der Waals surface area contributed by atoms with Gasteiger partial charge in [0.25, 0.3) is 5.91 Å². The molecular weight excluding hydrogens is 302 g/mol. The lowest BCUT2D eigenvalue weighted by molar-refractivity contribution is 0.0827. The average Bonchev–Trinajstić information content (AvgIpc) is 2.08. The molecule has 0 spiro atoms. The molecule has 0 saturated carbocycles. The van der Waals surface area contributed by atoms with Crippen molar-refractivity contribution in [1.29, 1.82) is 0 Å². The summed E-state index contributed by atoms with van der Waals surface area (Å²) < 4.78 is 0.896. The van der Waals surface area contributed by atoms with Crippen molar-refractivity contribution in [3.63, 3.8) is 0 Å². The maximum atomic E-state index is 11.5. The minimum Gasteiger partial charge on any atom is -0.345 e. The van der Waals surface area contributed by atoms with Crippen molar-refractivity contribution < 1.29 is 4.79 Å². The van der Waals surface area contributed by atoms with Crippen LogP contribution < -0.4 is 0 Å². The first-order valence-electron chi connectivity index (χ1n) is 3.55. The summed E-state index contributed by atoms with van der Waals surface area (Å²) in [6.45, 7) is 0. The van der Waals surface area contributed by atoms with E-state index in [0.717, 1.165) is 3.57 Å². The van der Waals surface area contributed by atoms with Gasteiger partial charge in [0.15, 0.2) is 0 Å². The molecule has 3 nitrogen and oxygen atoms in total. The average molecular weight is 311 g/mol. The largest absolute Gasteiger partial charge is 0.345 e. The molecule has 0 radical (unpaired) electrons. The van der Waals surface area contributed by atoms with Crippen LogP contribution in [0.2, 0.25) is 5.15 Å². The predicted octanol–water partition coefficient (Wildman–Crippen LogP) is 2.04. The van der Waals surface area contributed by atoms with Gasteiger partial charge in [-0.25, -0.2) is 4.98 Å². The van der Waals surface area contributed by atoms with E-state index < -0.39 is 0 Å². The Morgan fingerprint density at radius 3 is 2.77 bits per heavy atom. The molecule has 0 aliphatic carbocycles. The second-order valence-electron chi connectivity index (χ2n) is 2.69.